The van der Waals surface area contributed by atoms with E-state index in [1.165, 1.54) is 4.90 Å². The summed E-state index contributed by atoms with van der Waals surface area (Å²) in [7, 11) is 0. The van der Waals surface area contributed by atoms with E-state index in [1.54, 1.807) is 24.3 Å². The van der Waals surface area contributed by atoms with Gasteiger partial charge in [0.1, 0.15) is 6.54 Å². The molecule has 6 nitrogen and oxygen atoms in total. The van der Waals surface area contributed by atoms with Crippen LogP contribution in [0.5, 0.6) is 0 Å². The smallest absolute Gasteiger partial charge is 0.323 e. The van der Waals surface area contributed by atoms with Gasteiger partial charge in [-0.1, -0.05) is 25.1 Å². The van der Waals surface area contributed by atoms with Crippen LogP contribution in [0, 0.1) is 0 Å². The van der Waals surface area contributed by atoms with Gasteiger partial charge in [0.25, 0.3) is 5.91 Å². The molecule has 0 saturated heterocycles. The van der Waals surface area contributed by atoms with Gasteiger partial charge in [-0.15, -0.1) is 0 Å². The largest absolute Gasteiger partial charge is 0.480 e. The van der Waals surface area contributed by atoms with Crippen LogP contribution in [0.25, 0.3) is 0 Å². The molecule has 0 fully saturated rings. The number of hydrogen-bond acceptors (Lipinski definition) is 3. The van der Waals surface area contributed by atoms with Crippen molar-refractivity contribution >= 4 is 17.8 Å². The lowest BCUT2D eigenvalue weighted by Crippen LogP contribution is -2.38. The first kappa shape index (κ1) is 16.7. The van der Waals surface area contributed by atoms with Crippen LogP contribution in [0.4, 0.5) is 0 Å². The minimum atomic E-state index is -1.04. The van der Waals surface area contributed by atoms with Crippen LogP contribution < -0.4 is 5.32 Å². The number of amides is 2. The summed E-state index contributed by atoms with van der Waals surface area (Å²) >= 11 is 0. The van der Waals surface area contributed by atoms with Crippen molar-refractivity contribution in [2.24, 2.45) is 0 Å². The Balaban J connectivity index is 2.41. The maximum Gasteiger partial charge on any atom is 0.323 e. The maximum atomic E-state index is 11.9. The van der Waals surface area contributed by atoms with E-state index in [1.807, 2.05) is 13.0 Å². The SMILES string of the molecule is CCCN(CC(=O)O)C(=O)CCNC(=O)c1ccccc1. The molecule has 114 valence electrons. The molecule has 0 radical (unpaired) electrons. The summed E-state index contributed by atoms with van der Waals surface area (Å²) in [5, 5.41) is 11.4. The van der Waals surface area contributed by atoms with E-state index in [0.717, 1.165) is 0 Å². The van der Waals surface area contributed by atoms with Gasteiger partial charge in [0.05, 0.1) is 0 Å². The van der Waals surface area contributed by atoms with Gasteiger partial charge in [0, 0.05) is 25.1 Å². The number of carbonyl (C=O) groups is 3. The highest BCUT2D eigenvalue weighted by Gasteiger charge is 2.15. The third-order valence-electron chi connectivity index (χ3n) is 2.83. The molecule has 0 bridgehead atoms. The number of carbonyl (C=O) groups excluding carboxylic acids is 2. The molecule has 0 aliphatic heterocycles. The highest BCUT2D eigenvalue weighted by Crippen LogP contribution is 1.99. The summed E-state index contributed by atoms with van der Waals surface area (Å²) in [6, 6.07) is 8.70. The van der Waals surface area contributed by atoms with E-state index in [0.29, 0.717) is 18.5 Å². The third-order valence-corrected chi connectivity index (χ3v) is 2.83. The Bertz CT molecular complexity index is 488. The number of benzene rings is 1. The fraction of sp³-hybridized carbons (Fsp3) is 0.400. The third kappa shape index (κ3) is 6.07. The molecule has 0 saturated carbocycles. The summed E-state index contributed by atoms with van der Waals surface area (Å²) in [6.07, 6.45) is 0.779. The predicted molar refractivity (Wildman–Crippen MR) is 77.9 cm³/mol. The Labute approximate surface area is 123 Å². The Morgan fingerprint density at radius 1 is 1.19 bits per heavy atom. The molecule has 21 heavy (non-hydrogen) atoms. The van der Waals surface area contributed by atoms with E-state index in [2.05, 4.69) is 5.32 Å². The number of aliphatic carboxylic acids is 1. The van der Waals surface area contributed by atoms with E-state index in [9.17, 15) is 14.4 Å². The number of carboxylic acids is 1. The summed E-state index contributed by atoms with van der Waals surface area (Å²) in [6.45, 7) is 2.16. The topological polar surface area (TPSA) is 86.7 Å². The Hall–Kier alpha value is -2.37. The normalized spacial score (nSPS) is 9.95. The monoisotopic (exact) mass is 292 g/mol. The number of hydrogen-bond donors (Lipinski definition) is 2. The Morgan fingerprint density at radius 3 is 2.43 bits per heavy atom. The van der Waals surface area contributed by atoms with Gasteiger partial charge < -0.3 is 15.3 Å². The molecular weight excluding hydrogens is 272 g/mol. The minimum absolute atomic E-state index is 0.0891. The van der Waals surface area contributed by atoms with Crippen molar-refractivity contribution in [2.45, 2.75) is 19.8 Å². The number of nitrogens with one attached hydrogen (secondary N) is 1. The zero-order valence-corrected chi connectivity index (χ0v) is 12.0. The van der Waals surface area contributed by atoms with Crippen molar-refractivity contribution < 1.29 is 19.5 Å². The van der Waals surface area contributed by atoms with Crippen LogP contribution in [0.15, 0.2) is 30.3 Å². The molecule has 2 amide bonds. The molecule has 0 aromatic heterocycles. The summed E-state index contributed by atoms with van der Waals surface area (Å²) in [5.41, 5.74) is 0.529. The number of nitrogens with zero attached hydrogens (tertiary/aromatic N) is 1. The molecule has 0 atom stereocenters. The fourth-order valence-electron chi connectivity index (χ4n) is 1.86. The molecule has 1 rings (SSSR count). The second-order valence-corrected chi connectivity index (χ2v) is 4.58. The molecule has 0 heterocycles. The molecule has 1 aromatic rings. The summed E-state index contributed by atoms with van der Waals surface area (Å²) < 4.78 is 0. The van der Waals surface area contributed by atoms with E-state index >= 15 is 0 Å². The fourth-order valence-corrected chi connectivity index (χ4v) is 1.86. The molecule has 0 aliphatic carbocycles. The van der Waals surface area contributed by atoms with Crippen molar-refractivity contribution in [3.63, 3.8) is 0 Å². The average molecular weight is 292 g/mol. The van der Waals surface area contributed by atoms with Gasteiger partial charge in [-0.2, -0.15) is 0 Å². The molecule has 6 heteroatoms. The maximum absolute atomic E-state index is 11.9. The number of rotatable bonds is 8. The minimum Gasteiger partial charge on any atom is -0.480 e. The molecule has 2 N–H and O–H groups in total. The van der Waals surface area contributed by atoms with Gasteiger partial charge in [0.15, 0.2) is 0 Å². The lowest BCUT2D eigenvalue weighted by Gasteiger charge is -2.19. The number of carboxylic acid groups (broad SMARTS) is 1. The molecule has 0 unspecified atom stereocenters. The van der Waals surface area contributed by atoms with Gasteiger partial charge in [-0.3, -0.25) is 14.4 Å². The first-order valence-electron chi connectivity index (χ1n) is 6.87. The predicted octanol–water partition coefficient (Wildman–Crippen LogP) is 1.13. The van der Waals surface area contributed by atoms with Crippen LogP contribution in [0.3, 0.4) is 0 Å². The quantitative estimate of drug-likeness (QED) is 0.752. The summed E-state index contributed by atoms with van der Waals surface area (Å²) in [5.74, 6) is -1.55. The van der Waals surface area contributed by atoms with Crippen LogP contribution in [-0.2, 0) is 9.59 Å². The first-order valence-corrected chi connectivity index (χ1v) is 6.87. The standard InChI is InChI=1S/C15H20N2O4/c1-2-10-17(11-14(19)20)13(18)8-9-16-15(21)12-6-4-3-5-7-12/h3-7H,2,8-11H2,1H3,(H,16,21)(H,19,20). The van der Waals surface area contributed by atoms with Gasteiger partial charge in [-0.25, -0.2) is 0 Å². The van der Waals surface area contributed by atoms with Gasteiger partial charge in [-0.05, 0) is 18.6 Å². The van der Waals surface area contributed by atoms with Crippen LogP contribution in [0.1, 0.15) is 30.1 Å². The molecule has 1 aromatic carbocycles. The van der Waals surface area contributed by atoms with Crippen LogP contribution in [0.2, 0.25) is 0 Å². The average Bonchev–Trinajstić information content (AvgIpc) is 2.47. The van der Waals surface area contributed by atoms with Crippen LogP contribution in [-0.4, -0.2) is 47.4 Å². The Kier molecular flexibility index (Phi) is 6.94. The van der Waals surface area contributed by atoms with Crippen molar-refractivity contribution in [3.05, 3.63) is 35.9 Å². The summed E-state index contributed by atoms with van der Waals surface area (Å²) in [4.78, 5) is 35.6. The lowest BCUT2D eigenvalue weighted by atomic mass is 10.2. The second kappa shape index (κ2) is 8.73. The first-order chi connectivity index (χ1) is 10.0. The van der Waals surface area contributed by atoms with E-state index < -0.39 is 5.97 Å². The molecule has 0 spiro atoms. The zero-order chi connectivity index (χ0) is 15.7. The van der Waals surface area contributed by atoms with Crippen LogP contribution >= 0.6 is 0 Å². The second-order valence-electron chi connectivity index (χ2n) is 4.58. The van der Waals surface area contributed by atoms with Crippen molar-refractivity contribution in [1.82, 2.24) is 10.2 Å². The molecular formula is C15H20N2O4. The lowest BCUT2D eigenvalue weighted by molar-refractivity contribution is -0.144. The van der Waals surface area contributed by atoms with Gasteiger partial charge >= 0.3 is 5.97 Å². The van der Waals surface area contributed by atoms with E-state index in [-0.39, 0.29) is 31.3 Å². The van der Waals surface area contributed by atoms with Crippen molar-refractivity contribution in [2.75, 3.05) is 19.6 Å². The van der Waals surface area contributed by atoms with Gasteiger partial charge in [0.2, 0.25) is 5.91 Å². The molecule has 0 aliphatic rings. The van der Waals surface area contributed by atoms with Crippen molar-refractivity contribution in [1.29, 1.82) is 0 Å². The van der Waals surface area contributed by atoms with Crippen molar-refractivity contribution in [3.8, 4) is 0 Å². The zero-order valence-electron chi connectivity index (χ0n) is 12.0. The Morgan fingerprint density at radius 2 is 1.86 bits per heavy atom. The van der Waals surface area contributed by atoms with E-state index in [4.69, 9.17) is 5.11 Å². The highest BCUT2D eigenvalue weighted by atomic mass is 16.4. The highest BCUT2D eigenvalue weighted by molar-refractivity contribution is 5.94.